The molecule has 1 aliphatic rings. The number of alkyl halides is 1. The lowest BCUT2D eigenvalue weighted by atomic mass is 10.1. The Morgan fingerprint density at radius 1 is 1.18 bits per heavy atom. The van der Waals surface area contributed by atoms with Gasteiger partial charge in [0, 0.05) is 25.4 Å². The molecule has 3 rings (SSSR count). The number of anilines is 1. The summed E-state index contributed by atoms with van der Waals surface area (Å²) in [5, 5.41) is 2.96. The van der Waals surface area contributed by atoms with Gasteiger partial charge in [-0.15, -0.1) is 0 Å². The van der Waals surface area contributed by atoms with Crippen molar-refractivity contribution in [2.75, 3.05) is 18.8 Å². The zero-order valence-electron chi connectivity index (χ0n) is 12.3. The van der Waals surface area contributed by atoms with Gasteiger partial charge in [0.1, 0.15) is 17.8 Å². The van der Waals surface area contributed by atoms with E-state index in [9.17, 15) is 8.78 Å². The number of benzene rings is 1. The largest absolute Gasteiger partial charge is 0.382 e. The third-order valence-corrected chi connectivity index (χ3v) is 3.33. The van der Waals surface area contributed by atoms with E-state index in [0.29, 0.717) is 24.5 Å². The highest BCUT2D eigenvalue weighted by molar-refractivity contribution is 5.36. The van der Waals surface area contributed by atoms with Crippen LogP contribution in [0.3, 0.4) is 0 Å². The van der Waals surface area contributed by atoms with Crippen molar-refractivity contribution < 1.29 is 8.78 Å². The predicted molar refractivity (Wildman–Crippen MR) is 82.7 cm³/mol. The second-order valence-corrected chi connectivity index (χ2v) is 5.14. The molecular formula is C16H20F2N4. The normalized spacial score (nSPS) is 17.5. The molecule has 0 amide bonds. The highest BCUT2D eigenvalue weighted by atomic mass is 19.1. The van der Waals surface area contributed by atoms with E-state index >= 15 is 0 Å². The third kappa shape index (κ3) is 5.37. The monoisotopic (exact) mass is 306 g/mol. The Morgan fingerprint density at radius 2 is 1.91 bits per heavy atom. The summed E-state index contributed by atoms with van der Waals surface area (Å²) in [7, 11) is 0. The lowest BCUT2D eigenvalue weighted by Crippen LogP contribution is -2.30. The van der Waals surface area contributed by atoms with Crippen molar-refractivity contribution in [1.29, 1.82) is 0 Å². The molecule has 118 valence electrons. The second kappa shape index (κ2) is 8.38. The summed E-state index contributed by atoms with van der Waals surface area (Å²) in [6.07, 6.45) is 4.89. The van der Waals surface area contributed by atoms with Crippen molar-refractivity contribution in [2.45, 2.75) is 25.4 Å². The van der Waals surface area contributed by atoms with Gasteiger partial charge in [-0.3, -0.25) is 4.98 Å². The fourth-order valence-electron chi connectivity index (χ4n) is 2.12. The average Bonchev–Trinajstić information content (AvgIpc) is 2.53. The van der Waals surface area contributed by atoms with Crippen molar-refractivity contribution in [1.82, 2.24) is 15.3 Å². The third-order valence-electron chi connectivity index (χ3n) is 3.33. The highest BCUT2D eigenvalue weighted by Crippen LogP contribution is 2.11. The van der Waals surface area contributed by atoms with Gasteiger partial charge in [-0.2, -0.15) is 0 Å². The van der Waals surface area contributed by atoms with Gasteiger partial charge in [0.25, 0.3) is 0 Å². The molecular weight excluding hydrogens is 286 g/mol. The summed E-state index contributed by atoms with van der Waals surface area (Å²) >= 11 is 0. The molecule has 0 radical (unpaired) electrons. The van der Waals surface area contributed by atoms with Crippen LogP contribution in [-0.4, -0.2) is 29.2 Å². The van der Waals surface area contributed by atoms with Gasteiger partial charge in [0.05, 0.1) is 5.69 Å². The zero-order chi connectivity index (χ0) is 15.8. The van der Waals surface area contributed by atoms with Gasteiger partial charge < -0.3 is 11.1 Å². The highest BCUT2D eigenvalue weighted by Gasteiger charge is 2.09. The quantitative estimate of drug-likeness (QED) is 0.895. The van der Waals surface area contributed by atoms with E-state index in [1.165, 1.54) is 12.1 Å². The molecule has 22 heavy (non-hydrogen) atoms. The predicted octanol–water partition coefficient (Wildman–Crippen LogP) is 2.50. The average molecular weight is 306 g/mol. The Hall–Kier alpha value is -2.08. The molecule has 1 atom stereocenters. The first-order chi connectivity index (χ1) is 10.6. The summed E-state index contributed by atoms with van der Waals surface area (Å²) in [6, 6.07) is 6.26. The summed E-state index contributed by atoms with van der Waals surface area (Å²) in [4.78, 5) is 8.05. The number of aromatic nitrogens is 2. The molecule has 1 saturated heterocycles. The van der Waals surface area contributed by atoms with Crippen LogP contribution in [0.2, 0.25) is 0 Å². The van der Waals surface area contributed by atoms with Crippen molar-refractivity contribution in [3.05, 3.63) is 53.7 Å². The lowest BCUT2D eigenvalue weighted by molar-refractivity contribution is 0.266. The lowest BCUT2D eigenvalue weighted by Gasteiger charge is -2.14. The van der Waals surface area contributed by atoms with Crippen LogP contribution in [0.4, 0.5) is 14.6 Å². The van der Waals surface area contributed by atoms with E-state index < -0.39 is 6.17 Å². The Labute approximate surface area is 128 Å². The maximum Gasteiger partial charge on any atom is 0.145 e. The van der Waals surface area contributed by atoms with Crippen LogP contribution in [0.5, 0.6) is 0 Å². The van der Waals surface area contributed by atoms with E-state index in [-0.39, 0.29) is 5.82 Å². The Morgan fingerprint density at radius 3 is 2.45 bits per heavy atom. The van der Waals surface area contributed by atoms with Crippen molar-refractivity contribution in [3.63, 3.8) is 0 Å². The molecule has 2 aromatic rings. The van der Waals surface area contributed by atoms with Crippen LogP contribution in [0, 0.1) is 5.82 Å². The number of piperidine rings is 1. The second-order valence-electron chi connectivity index (χ2n) is 5.14. The summed E-state index contributed by atoms with van der Waals surface area (Å²) in [6.45, 7) is 1.57. The minimum absolute atomic E-state index is 0.245. The van der Waals surface area contributed by atoms with E-state index in [1.807, 2.05) is 0 Å². The first-order valence-electron chi connectivity index (χ1n) is 7.29. The molecule has 0 spiro atoms. The molecule has 0 aliphatic carbocycles. The molecule has 1 fully saturated rings. The number of nitrogen functional groups attached to an aromatic ring is 1. The van der Waals surface area contributed by atoms with Crippen molar-refractivity contribution in [3.8, 4) is 0 Å². The van der Waals surface area contributed by atoms with Crippen LogP contribution in [0.15, 0.2) is 36.7 Å². The van der Waals surface area contributed by atoms with Gasteiger partial charge in [0.2, 0.25) is 0 Å². The van der Waals surface area contributed by atoms with Crippen molar-refractivity contribution >= 4 is 5.82 Å². The van der Waals surface area contributed by atoms with Crippen molar-refractivity contribution in [2.24, 2.45) is 0 Å². The summed E-state index contributed by atoms with van der Waals surface area (Å²) in [5.41, 5.74) is 7.32. The van der Waals surface area contributed by atoms with Gasteiger partial charge in [-0.05, 0) is 37.1 Å². The minimum atomic E-state index is -0.575. The van der Waals surface area contributed by atoms with E-state index in [0.717, 1.165) is 24.9 Å². The number of hydrogen-bond donors (Lipinski definition) is 2. The van der Waals surface area contributed by atoms with Crippen LogP contribution >= 0.6 is 0 Å². The Kier molecular flexibility index (Phi) is 6.21. The molecule has 0 bridgehead atoms. The Balaban J connectivity index is 0.000000211. The van der Waals surface area contributed by atoms with Crippen LogP contribution in [-0.2, 0) is 6.42 Å². The topological polar surface area (TPSA) is 63.8 Å². The number of rotatable bonds is 2. The van der Waals surface area contributed by atoms with E-state index in [1.54, 1.807) is 24.5 Å². The van der Waals surface area contributed by atoms with E-state index in [4.69, 9.17) is 5.73 Å². The Bertz CT molecular complexity index is 569. The van der Waals surface area contributed by atoms with Gasteiger partial charge in [-0.25, -0.2) is 13.8 Å². The smallest absolute Gasteiger partial charge is 0.145 e. The number of halogens is 2. The molecule has 1 aromatic carbocycles. The van der Waals surface area contributed by atoms with Gasteiger partial charge in [-0.1, -0.05) is 12.1 Å². The summed E-state index contributed by atoms with van der Waals surface area (Å²) < 4.78 is 24.8. The van der Waals surface area contributed by atoms with E-state index in [2.05, 4.69) is 15.3 Å². The molecule has 4 nitrogen and oxygen atoms in total. The first kappa shape index (κ1) is 16.3. The minimum Gasteiger partial charge on any atom is -0.382 e. The summed E-state index contributed by atoms with van der Waals surface area (Å²) in [5.74, 6) is 0.174. The van der Waals surface area contributed by atoms with Crippen LogP contribution < -0.4 is 11.1 Å². The van der Waals surface area contributed by atoms with Gasteiger partial charge in [0.15, 0.2) is 0 Å². The maximum atomic E-state index is 12.7. The molecule has 0 saturated carbocycles. The standard InChI is InChI=1S/C11H10FN3.C5H10FN/c12-9-3-1-8(2-4-9)7-10-11(13)15-6-5-14-10;6-5-2-1-3-7-4-5/h1-6H,7H2,(H2,13,15);5,7H,1-4H2. The van der Waals surface area contributed by atoms with Crippen LogP contribution in [0.1, 0.15) is 24.1 Å². The SMILES string of the molecule is FC1CCCNC1.Nc1nccnc1Cc1ccc(F)cc1. The number of nitrogens with two attached hydrogens (primary N) is 1. The maximum absolute atomic E-state index is 12.7. The molecule has 1 aliphatic heterocycles. The molecule has 6 heteroatoms. The number of nitrogens with one attached hydrogen (secondary N) is 1. The van der Waals surface area contributed by atoms with Gasteiger partial charge >= 0.3 is 0 Å². The molecule has 3 N–H and O–H groups in total. The first-order valence-corrected chi connectivity index (χ1v) is 7.29. The zero-order valence-corrected chi connectivity index (χ0v) is 12.3. The fraction of sp³-hybridized carbons (Fsp3) is 0.375. The molecule has 2 heterocycles. The number of hydrogen-bond acceptors (Lipinski definition) is 4. The fourth-order valence-corrected chi connectivity index (χ4v) is 2.12. The number of nitrogens with zero attached hydrogens (tertiary/aromatic N) is 2. The van der Waals surface area contributed by atoms with Crippen LogP contribution in [0.25, 0.3) is 0 Å². The molecule has 1 aromatic heterocycles. The molecule has 1 unspecified atom stereocenters.